The molecule has 0 saturated heterocycles. The van der Waals surface area contributed by atoms with E-state index in [-0.39, 0.29) is 11.6 Å². The van der Waals surface area contributed by atoms with Gasteiger partial charge in [0.05, 0.1) is 31.1 Å². The van der Waals surface area contributed by atoms with Gasteiger partial charge in [-0.3, -0.25) is 4.79 Å². The van der Waals surface area contributed by atoms with Crippen LogP contribution in [-0.2, 0) is 16.0 Å². The first kappa shape index (κ1) is 15.9. The van der Waals surface area contributed by atoms with Crippen LogP contribution in [0.4, 0.5) is 5.69 Å². The van der Waals surface area contributed by atoms with Gasteiger partial charge in [0.15, 0.2) is 5.69 Å². The summed E-state index contributed by atoms with van der Waals surface area (Å²) in [6, 6.07) is 9.07. The maximum Gasteiger partial charge on any atom is 0.360 e. The number of amides is 1. The minimum Gasteiger partial charge on any atom is -0.464 e. The molecule has 0 aliphatic heterocycles. The monoisotopic (exact) mass is 342 g/mol. The fourth-order valence-corrected chi connectivity index (χ4v) is 2.80. The molecule has 1 aromatic carbocycles. The zero-order chi connectivity index (χ0) is 16.9. The molecule has 3 rings (SSSR count). The highest BCUT2D eigenvalue weighted by Crippen LogP contribution is 2.20. The lowest BCUT2D eigenvalue weighted by molar-refractivity contribution is -0.115. The summed E-state index contributed by atoms with van der Waals surface area (Å²) < 4.78 is 6.04. The zero-order valence-corrected chi connectivity index (χ0v) is 13.6. The summed E-state index contributed by atoms with van der Waals surface area (Å²) >= 11 is 1.55. The Kier molecular flexibility index (Phi) is 4.66. The number of ether oxygens (including phenoxy) is 1. The molecule has 1 N–H and O–H groups in total. The van der Waals surface area contributed by atoms with E-state index in [1.165, 1.54) is 18.0 Å². The number of rotatable bonds is 5. The van der Waals surface area contributed by atoms with Crippen molar-refractivity contribution in [2.24, 2.45) is 0 Å². The first-order chi connectivity index (χ1) is 11.7. The number of hydrogen-bond acceptors (Lipinski definition) is 6. The Bertz CT molecular complexity index is 858. The lowest BCUT2D eigenvalue weighted by atomic mass is 10.2. The Balaban J connectivity index is 1.81. The van der Waals surface area contributed by atoms with Crippen LogP contribution in [0.3, 0.4) is 0 Å². The number of para-hydroxylation sites is 2. The second-order valence-corrected chi connectivity index (χ2v) is 5.69. The van der Waals surface area contributed by atoms with E-state index in [1.54, 1.807) is 23.5 Å². The maximum absolute atomic E-state index is 12.2. The third kappa shape index (κ3) is 3.49. The molecule has 122 valence electrons. The van der Waals surface area contributed by atoms with E-state index in [4.69, 9.17) is 0 Å². The van der Waals surface area contributed by atoms with Crippen LogP contribution in [-0.4, -0.2) is 34.0 Å². The second-order valence-electron chi connectivity index (χ2n) is 4.91. The highest BCUT2D eigenvalue weighted by atomic mass is 32.1. The Morgan fingerprint density at radius 2 is 2.12 bits per heavy atom. The maximum atomic E-state index is 12.2. The fourth-order valence-electron chi connectivity index (χ4n) is 2.13. The molecule has 0 atom stereocenters. The molecule has 7 nitrogen and oxygen atoms in total. The number of methoxy groups -OCH3 is 1. The van der Waals surface area contributed by atoms with Gasteiger partial charge in [0, 0.05) is 0 Å². The number of benzene rings is 1. The highest BCUT2D eigenvalue weighted by Gasteiger charge is 2.14. The first-order valence-corrected chi connectivity index (χ1v) is 8.02. The predicted octanol–water partition coefficient (Wildman–Crippen LogP) is 2.30. The number of carbonyl (C=O) groups excluding carboxylic acids is 2. The molecular formula is C16H14N4O3S. The molecule has 0 unspecified atom stereocenters. The van der Waals surface area contributed by atoms with Crippen LogP contribution in [0.15, 0.2) is 47.3 Å². The van der Waals surface area contributed by atoms with Gasteiger partial charge in [-0.25, -0.2) is 9.48 Å². The minimum atomic E-state index is -0.569. The number of anilines is 1. The Morgan fingerprint density at radius 1 is 1.29 bits per heavy atom. The fraction of sp³-hybridized carbons (Fsp3) is 0.125. The molecule has 0 spiro atoms. The van der Waals surface area contributed by atoms with E-state index in [9.17, 15) is 9.59 Å². The molecule has 0 bridgehead atoms. The molecule has 1 amide bonds. The number of nitrogens with zero attached hydrogens (tertiary/aromatic N) is 3. The van der Waals surface area contributed by atoms with Crippen LogP contribution in [0.5, 0.6) is 0 Å². The third-order valence-electron chi connectivity index (χ3n) is 3.26. The van der Waals surface area contributed by atoms with Gasteiger partial charge in [-0.2, -0.15) is 11.3 Å². The number of hydrogen-bond donors (Lipinski definition) is 1. The smallest absolute Gasteiger partial charge is 0.360 e. The topological polar surface area (TPSA) is 86.1 Å². The van der Waals surface area contributed by atoms with Crippen molar-refractivity contribution in [2.45, 2.75) is 6.42 Å². The van der Waals surface area contributed by atoms with Crippen molar-refractivity contribution in [3.8, 4) is 5.69 Å². The molecule has 24 heavy (non-hydrogen) atoms. The largest absolute Gasteiger partial charge is 0.464 e. The summed E-state index contributed by atoms with van der Waals surface area (Å²) in [4.78, 5) is 23.7. The van der Waals surface area contributed by atoms with Crippen molar-refractivity contribution in [1.29, 1.82) is 0 Å². The number of nitrogens with one attached hydrogen (secondary N) is 1. The molecule has 0 fully saturated rings. The lowest BCUT2D eigenvalue weighted by Crippen LogP contribution is -2.15. The van der Waals surface area contributed by atoms with E-state index in [2.05, 4.69) is 20.4 Å². The van der Waals surface area contributed by atoms with Gasteiger partial charge in [0.1, 0.15) is 0 Å². The van der Waals surface area contributed by atoms with Gasteiger partial charge in [-0.15, -0.1) is 5.10 Å². The Labute approximate surface area is 141 Å². The van der Waals surface area contributed by atoms with E-state index < -0.39 is 5.97 Å². The third-order valence-corrected chi connectivity index (χ3v) is 3.99. The molecule has 3 aromatic rings. The van der Waals surface area contributed by atoms with Gasteiger partial charge in [0.25, 0.3) is 0 Å². The van der Waals surface area contributed by atoms with Crippen LogP contribution in [0.25, 0.3) is 5.69 Å². The van der Waals surface area contributed by atoms with Crippen molar-refractivity contribution in [3.63, 3.8) is 0 Å². The highest BCUT2D eigenvalue weighted by molar-refractivity contribution is 7.08. The van der Waals surface area contributed by atoms with Crippen molar-refractivity contribution in [3.05, 3.63) is 58.5 Å². The van der Waals surface area contributed by atoms with Crippen molar-refractivity contribution in [1.82, 2.24) is 15.0 Å². The van der Waals surface area contributed by atoms with Gasteiger partial charge in [-0.1, -0.05) is 17.3 Å². The Hall–Kier alpha value is -3.00. The zero-order valence-electron chi connectivity index (χ0n) is 12.8. The number of carbonyl (C=O) groups is 2. The van der Waals surface area contributed by atoms with Crippen LogP contribution in [0.1, 0.15) is 16.1 Å². The molecular weight excluding hydrogens is 328 g/mol. The molecule has 8 heteroatoms. The second kappa shape index (κ2) is 7.05. The summed E-state index contributed by atoms with van der Waals surface area (Å²) in [6.07, 6.45) is 1.75. The van der Waals surface area contributed by atoms with Crippen LogP contribution in [0.2, 0.25) is 0 Å². The van der Waals surface area contributed by atoms with Gasteiger partial charge < -0.3 is 10.1 Å². The Morgan fingerprint density at radius 3 is 2.88 bits per heavy atom. The quantitative estimate of drug-likeness (QED) is 0.719. The molecule has 0 radical (unpaired) electrons. The molecule has 0 saturated carbocycles. The van der Waals surface area contributed by atoms with Crippen molar-refractivity contribution in [2.75, 3.05) is 12.4 Å². The van der Waals surface area contributed by atoms with Crippen molar-refractivity contribution < 1.29 is 14.3 Å². The van der Waals surface area contributed by atoms with E-state index in [0.717, 1.165) is 5.56 Å². The molecule has 0 aliphatic rings. The summed E-state index contributed by atoms with van der Waals surface area (Å²) in [5, 5.41) is 14.4. The summed E-state index contributed by atoms with van der Waals surface area (Å²) in [5.41, 5.74) is 2.25. The van der Waals surface area contributed by atoms with Gasteiger partial charge in [-0.05, 0) is 34.5 Å². The molecule has 2 heterocycles. The predicted molar refractivity (Wildman–Crippen MR) is 89.4 cm³/mol. The average molecular weight is 342 g/mol. The number of thiophene rings is 1. The van der Waals surface area contributed by atoms with E-state index in [1.807, 2.05) is 29.0 Å². The standard InChI is InChI=1S/C16H14N4O3S/c1-23-16(22)13-9-20(19-18-13)14-5-3-2-4-12(14)17-15(21)8-11-6-7-24-10-11/h2-7,9-10H,8H2,1H3,(H,17,21). The van der Waals surface area contributed by atoms with Gasteiger partial charge in [0.2, 0.25) is 5.91 Å². The normalized spacial score (nSPS) is 10.4. The lowest BCUT2D eigenvalue weighted by Gasteiger charge is -2.10. The van der Waals surface area contributed by atoms with Crippen LogP contribution < -0.4 is 5.32 Å². The summed E-state index contributed by atoms with van der Waals surface area (Å²) in [7, 11) is 1.28. The van der Waals surface area contributed by atoms with Gasteiger partial charge >= 0.3 is 5.97 Å². The molecule has 0 aliphatic carbocycles. The number of esters is 1. The average Bonchev–Trinajstić information content (AvgIpc) is 3.26. The summed E-state index contributed by atoms with van der Waals surface area (Å²) in [6.45, 7) is 0. The minimum absolute atomic E-state index is 0.0944. The van der Waals surface area contributed by atoms with Crippen LogP contribution in [0, 0.1) is 0 Å². The summed E-state index contributed by atoms with van der Waals surface area (Å²) in [5.74, 6) is -0.700. The number of aromatic nitrogens is 3. The molecule has 2 aromatic heterocycles. The van der Waals surface area contributed by atoms with Crippen molar-refractivity contribution >= 4 is 28.9 Å². The SMILES string of the molecule is COC(=O)c1cn(-c2ccccc2NC(=O)Cc2ccsc2)nn1. The van der Waals surface area contributed by atoms with E-state index >= 15 is 0 Å². The van der Waals surface area contributed by atoms with E-state index in [0.29, 0.717) is 17.8 Å². The van der Waals surface area contributed by atoms with Crippen LogP contribution >= 0.6 is 11.3 Å². The first-order valence-electron chi connectivity index (χ1n) is 7.08.